The molecule has 0 spiro atoms. The van der Waals surface area contributed by atoms with Crippen LogP contribution < -0.4 is 15.1 Å². The van der Waals surface area contributed by atoms with Crippen LogP contribution in [0.3, 0.4) is 0 Å². The van der Waals surface area contributed by atoms with Crippen molar-refractivity contribution in [3.05, 3.63) is 71.8 Å². The molecule has 1 heterocycles. The number of urea groups is 1. The Morgan fingerprint density at radius 2 is 1.56 bits per heavy atom. The number of sulfone groups is 1. The minimum Gasteiger partial charge on any atom is -0.308 e. The van der Waals surface area contributed by atoms with Gasteiger partial charge in [-0.1, -0.05) is 29.8 Å². The van der Waals surface area contributed by atoms with E-state index < -0.39 is 9.84 Å². The van der Waals surface area contributed by atoms with Crippen LogP contribution in [0.25, 0.3) is 11.1 Å². The molecule has 4 rings (SSSR count). The number of rotatable bonds is 3. The van der Waals surface area contributed by atoms with Crippen LogP contribution in [0.2, 0.25) is 5.02 Å². The number of nitrogens with one attached hydrogen (secondary N) is 1. The van der Waals surface area contributed by atoms with Gasteiger partial charge in [0.25, 0.3) is 0 Å². The van der Waals surface area contributed by atoms with Crippen molar-refractivity contribution in [2.45, 2.75) is 24.8 Å². The molecule has 176 valence electrons. The first-order chi connectivity index (χ1) is 16.0. The molecule has 1 aliphatic heterocycles. The van der Waals surface area contributed by atoms with Crippen LogP contribution >= 0.6 is 11.6 Å². The zero-order chi connectivity index (χ0) is 24.6. The van der Waals surface area contributed by atoms with Gasteiger partial charge in [0.15, 0.2) is 9.84 Å². The normalized spacial score (nSPS) is 15.6. The molecule has 1 atom stereocenters. The molecule has 3 aromatic rings. The summed E-state index contributed by atoms with van der Waals surface area (Å²) in [6.45, 7) is 3.70. The average Bonchev–Trinajstić information content (AvgIpc) is 2.79. The predicted octanol–water partition coefficient (Wildman–Crippen LogP) is 5.20. The maximum Gasteiger partial charge on any atom is 0.326 e. The number of nitrogens with zero attached hydrogens (tertiary/aromatic N) is 2. The van der Waals surface area contributed by atoms with Crippen molar-refractivity contribution in [1.82, 2.24) is 0 Å². The number of carbonyl (C=O) groups excluding carboxylic acids is 2. The summed E-state index contributed by atoms with van der Waals surface area (Å²) in [6, 6.07) is 18.4. The largest absolute Gasteiger partial charge is 0.326 e. The van der Waals surface area contributed by atoms with Gasteiger partial charge in [-0.15, -0.1) is 0 Å². The third kappa shape index (κ3) is 4.78. The summed E-state index contributed by atoms with van der Waals surface area (Å²) in [6.07, 6.45) is 1.16. The highest BCUT2D eigenvalue weighted by atomic mass is 35.5. The van der Waals surface area contributed by atoms with E-state index in [0.29, 0.717) is 28.6 Å². The van der Waals surface area contributed by atoms with Gasteiger partial charge >= 0.3 is 6.03 Å². The Balaban J connectivity index is 1.74. The van der Waals surface area contributed by atoms with Gasteiger partial charge in [-0.3, -0.25) is 9.69 Å². The number of anilines is 3. The Morgan fingerprint density at radius 1 is 0.941 bits per heavy atom. The van der Waals surface area contributed by atoms with Crippen LogP contribution in [0.1, 0.15) is 13.8 Å². The SMILES string of the molecule is CC(=O)N1c2ccc(-c3ccc(S(C)(=O)=O)cc3)cc2N(C(=O)Nc2ccc(Cl)cc2)C[C@@H]1C. The highest BCUT2D eigenvalue weighted by molar-refractivity contribution is 7.90. The van der Waals surface area contributed by atoms with Crippen LogP contribution in [-0.4, -0.2) is 39.2 Å². The number of benzene rings is 3. The molecule has 1 N–H and O–H groups in total. The van der Waals surface area contributed by atoms with Gasteiger partial charge in [-0.2, -0.15) is 0 Å². The van der Waals surface area contributed by atoms with E-state index in [4.69, 9.17) is 11.6 Å². The zero-order valence-corrected chi connectivity index (χ0v) is 20.5. The first kappa shape index (κ1) is 23.8. The summed E-state index contributed by atoms with van der Waals surface area (Å²) < 4.78 is 23.6. The number of hydrogen-bond donors (Lipinski definition) is 1. The topological polar surface area (TPSA) is 86.8 Å². The fourth-order valence-electron chi connectivity index (χ4n) is 4.10. The monoisotopic (exact) mass is 497 g/mol. The van der Waals surface area contributed by atoms with Crippen molar-refractivity contribution < 1.29 is 18.0 Å². The molecule has 3 amide bonds. The quantitative estimate of drug-likeness (QED) is 0.538. The number of fused-ring (bicyclic) bond motifs is 1. The van der Waals surface area contributed by atoms with Crippen LogP contribution in [-0.2, 0) is 14.6 Å². The van der Waals surface area contributed by atoms with Gasteiger partial charge in [0.2, 0.25) is 5.91 Å². The van der Waals surface area contributed by atoms with Crippen molar-refractivity contribution in [3.63, 3.8) is 0 Å². The second-order valence-corrected chi connectivity index (χ2v) is 10.7. The molecule has 7 nitrogen and oxygen atoms in total. The van der Waals surface area contributed by atoms with Crippen molar-refractivity contribution in [1.29, 1.82) is 0 Å². The van der Waals surface area contributed by atoms with Gasteiger partial charge in [0, 0.05) is 30.4 Å². The molecule has 0 saturated carbocycles. The molecule has 0 bridgehead atoms. The van der Waals surface area contributed by atoms with Gasteiger partial charge in [-0.05, 0) is 66.6 Å². The average molecular weight is 498 g/mol. The fourth-order valence-corrected chi connectivity index (χ4v) is 4.85. The van der Waals surface area contributed by atoms with Crippen LogP contribution in [0.4, 0.5) is 21.9 Å². The van der Waals surface area contributed by atoms with Gasteiger partial charge in [0.1, 0.15) is 0 Å². The van der Waals surface area contributed by atoms with E-state index in [0.717, 1.165) is 17.4 Å². The molecule has 0 saturated heterocycles. The number of carbonyl (C=O) groups is 2. The van der Waals surface area contributed by atoms with Crippen LogP contribution in [0.15, 0.2) is 71.6 Å². The van der Waals surface area contributed by atoms with E-state index in [2.05, 4.69) is 5.32 Å². The van der Waals surface area contributed by atoms with E-state index in [1.54, 1.807) is 58.3 Å². The molecule has 0 radical (unpaired) electrons. The molecule has 1 aliphatic rings. The second kappa shape index (κ2) is 9.12. The molecular weight excluding hydrogens is 474 g/mol. The zero-order valence-electron chi connectivity index (χ0n) is 18.9. The minimum absolute atomic E-state index is 0.114. The predicted molar refractivity (Wildman–Crippen MR) is 135 cm³/mol. The minimum atomic E-state index is -3.31. The lowest BCUT2D eigenvalue weighted by Crippen LogP contribution is -2.52. The third-order valence-corrected chi connectivity index (χ3v) is 7.09. The van der Waals surface area contributed by atoms with Crippen LogP contribution in [0, 0.1) is 0 Å². The summed E-state index contributed by atoms with van der Waals surface area (Å²) >= 11 is 5.94. The number of halogens is 1. The van der Waals surface area contributed by atoms with E-state index in [-0.39, 0.29) is 22.9 Å². The smallest absolute Gasteiger partial charge is 0.308 e. The molecule has 0 aromatic heterocycles. The summed E-state index contributed by atoms with van der Waals surface area (Å²) in [5.74, 6) is -0.114. The van der Waals surface area contributed by atoms with E-state index in [1.807, 2.05) is 25.1 Å². The van der Waals surface area contributed by atoms with Gasteiger partial charge in [-0.25, -0.2) is 13.2 Å². The third-order valence-electron chi connectivity index (χ3n) is 5.71. The van der Waals surface area contributed by atoms with Crippen LogP contribution in [0.5, 0.6) is 0 Å². The van der Waals surface area contributed by atoms with E-state index >= 15 is 0 Å². The summed E-state index contributed by atoms with van der Waals surface area (Å²) in [5, 5.41) is 3.45. The Bertz CT molecular complexity index is 1360. The Labute approximate surface area is 203 Å². The summed E-state index contributed by atoms with van der Waals surface area (Å²) in [4.78, 5) is 29.2. The lowest BCUT2D eigenvalue weighted by atomic mass is 10.0. The number of hydrogen-bond acceptors (Lipinski definition) is 4. The van der Waals surface area contributed by atoms with E-state index in [9.17, 15) is 18.0 Å². The van der Waals surface area contributed by atoms with Gasteiger partial charge in [0.05, 0.1) is 22.3 Å². The molecular formula is C25H24ClN3O4S. The van der Waals surface area contributed by atoms with E-state index in [1.165, 1.54) is 6.92 Å². The molecule has 0 unspecified atom stereocenters. The maximum atomic E-state index is 13.3. The Kier molecular flexibility index (Phi) is 6.38. The van der Waals surface area contributed by atoms with Crippen molar-refractivity contribution in [2.75, 3.05) is 27.9 Å². The van der Waals surface area contributed by atoms with Gasteiger partial charge < -0.3 is 10.2 Å². The molecule has 0 fully saturated rings. The van der Waals surface area contributed by atoms with Crippen molar-refractivity contribution in [3.8, 4) is 11.1 Å². The number of amides is 3. The Hall–Kier alpha value is -3.36. The molecule has 3 aromatic carbocycles. The lowest BCUT2D eigenvalue weighted by molar-refractivity contribution is -0.117. The van der Waals surface area contributed by atoms with Crippen molar-refractivity contribution in [2.24, 2.45) is 0 Å². The molecule has 9 heteroatoms. The fraction of sp³-hybridized carbons (Fsp3) is 0.200. The maximum absolute atomic E-state index is 13.3. The molecule has 0 aliphatic carbocycles. The molecule has 34 heavy (non-hydrogen) atoms. The highest BCUT2D eigenvalue weighted by Gasteiger charge is 2.34. The standard InChI is InChI=1S/C25H24ClN3O4S/c1-16-15-28(25(31)27-21-9-7-20(26)8-10-21)24-14-19(6-13-23(24)29(16)17(2)30)18-4-11-22(12-5-18)34(3,32)33/h4-14,16H,15H2,1-3H3,(H,27,31)/t16-/m0/s1. The highest BCUT2D eigenvalue weighted by Crippen LogP contribution is 2.39. The summed E-state index contributed by atoms with van der Waals surface area (Å²) in [5.41, 5.74) is 3.41. The van der Waals surface area contributed by atoms with Crippen molar-refractivity contribution >= 4 is 50.4 Å². The summed E-state index contributed by atoms with van der Waals surface area (Å²) in [7, 11) is -3.31. The lowest BCUT2D eigenvalue weighted by Gasteiger charge is -2.40. The Morgan fingerprint density at radius 3 is 2.15 bits per heavy atom. The first-order valence-electron chi connectivity index (χ1n) is 10.6. The first-order valence-corrected chi connectivity index (χ1v) is 12.9. The second-order valence-electron chi connectivity index (χ2n) is 8.29.